The van der Waals surface area contributed by atoms with Gasteiger partial charge in [-0.15, -0.1) is 0 Å². The molecule has 3 aromatic rings. The summed E-state index contributed by atoms with van der Waals surface area (Å²) in [4.78, 5) is 6.66. The molecule has 7 nitrogen and oxygen atoms in total. The summed E-state index contributed by atoms with van der Waals surface area (Å²) in [5, 5.41) is 4.05. The normalized spacial score (nSPS) is 18.8. The quantitative estimate of drug-likeness (QED) is 0.573. The zero-order valence-electron chi connectivity index (χ0n) is 17.8. The van der Waals surface area contributed by atoms with E-state index in [0.717, 1.165) is 34.6 Å². The number of aryl methyl sites for hydroxylation is 2. The van der Waals surface area contributed by atoms with Gasteiger partial charge in [-0.2, -0.15) is 0 Å². The van der Waals surface area contributed by atoms with Crippen molar-refractivity contribution in [3.63, 3.8) is 0 Å². The zero-order valence-corrected chi connectivity index (χ0v) is 19.5. The van der Waals surface area contributed by atoms with E-state index in [1.54, 1.807) is 12.3 Å². The van der Waals surface area contributed by atoms with Crippen LogP contribution in [-0.2, 0) is 17.1 Å². The molecular formula is C22H25N5O2S2. The fourth-order valence-electron chi connectivity index (χ4n) is 3.98. The minimum Gasteiger partial charge on any atom is -0.351 e. The minimum absolute atomic E-state index is 0.116. The molecule has 31 heavy (non-hydrogen) atoms. The number of thiocarbonyl (C=S) groups is 1. The summed E-state index contributed by atoms with van der Waals surface area (Å²) in [7, 11) is -1.31. The molecule has 2 aromatic heterocycles. The number of nitrogens with zero attached hydrogens (tertiary/aromatic N) is 3. The molecule has 1 aliphatic heterocycles. The van der Waals surface area contributed by atoms with Crippen molar-refractivity contribution >= 4 is 38.7 Å². The third-order valence-electron chi connectivity index (χ3n) is 5.60. The molecule has 0 saturated carbocycles. The van der Waals surface area contributed by atoms with Crippen LogP contribution >= 0.6 is 12.2 Å². The molecule has 0 unspecified atom stereocenters. The van der Waals surface area contributed by atoms with Crippen LogP contribution in [-0.4, -0.2) is 29.3 Å². The van der Waals surface area contributed by atoms with Gasteiger partial charge in [0, 0.05) is 30.3 Å². The van der Waals surface area contributed by atoms with Gasteiger partial charge in [0.25, 0.3) is 0 Å². The van der Waals surface area contributed by atoms with E-state index in [1.165, 1.54) is 0 Å². The third-order valence-corrected chi connectivity index (χ3v) is 6.50. The monoisotopic (exact) mass is 455 g/mol. The van der Waals surface area contributed by atoms with Crippen molar-refractivity contribution in [1.29, 1.82) is 0 Å². The van der Waals surface area contributed by atoms with E-state index >= 15 is 0 Å². The largest absolute Gasteiger partial charge is 0.351 e. The lowest BCUT2D eigenvalue weighted by Crippen LogP contribution is -2.30. The Kier molecular flexibility index (Phi) is 5.49. The molecule has 0 spiro atoms. The molecular weight excluding hydrogens is 430 g/mol. The average Bonchev–Trinajstić information content (AvgIpc) is 3.22. The maximum Gasteiger partial charge on any atom is 0.229 e. The predicted molar refractivity (Wildman–Crippen MR) is 128 cm³/mol. The summed E-state index contributed by atoms with van der Waals surface area (Å²) in [6.45, 7) is 3.95. The molecule has 1 aliphatic rings. The van der Waals surface area contributed by atoms with Crippen molar-refractivity contribution in [3.8, 4) is 0 Å². The standard InChI is InChI=1S/C22H25N5O2S2/c1-14-13-16(9-10-17(14)25-31(4,28)29)27-21(19-11-8-15(2)26(19)3)20(24-22(27)30)18-7-5-6-12-23-18/h5-13,20-21,25H,1-4H3,(H,24,30)/t20-,21+/m1/s1. The number of nitrogens with one attached hydrogen (secondary N) is 2. The van der Waals surface area contributed by atoms with Gasteiger partial charge in [-0.3, -0.25) is 9.71 Å². The fraction of sp³-hybridized carbons (Fsp3) is 0.273. The first-order valence-electron chi connectivity index (χ1n) is 9.87. The topological polar surface area (TPSA) is 79.3 Å². The van der Waals surface area contributed by atoms with E-state index in [0.29, 0.717) is 10.8 Å². The van der Waals surface area contributed by atoms with Crippen molar-refractivity contribution in [3.05, 3.63) is 77.4 Å². The summed E-state index contributed by atoms with van der Waals surface area (Å²) in [6.07, 6.45) is 2.93. The summed E-state index contributed by atoms with van der Waals surface area (Å²) >= 11 is 5.76. The smallest absolute Gasteiger partial charge is 0.229 e. The van der Waals surface area contributed by atoms with E-state index in [-0.39, 0.29) is 12.1 Å². The number of benzene rings is 1. The van der Waals surface area contributed by atoms with Gasteiger partial charge in [0.05, 0.1) is 23.7 Å². The number of sulfonamides is 1. The second kappa shape index (κ2) is 7.97. The van der Waals surface area contributed by atoms with Crippen LogP contribution in [0.3, 0.4) is 0 Å². The Morgan fingerprint density at radius 3 is 2.48 bits per heavy atom. The van der Waals surface area contributed by atoms with E-state index in [4.69, 9.17) is 12.2 Å². The number of hydrogen-bond donors (Lipinski definition) is 2. The molecule has 3 heterocycles. The maximum absolute atomic E-state index is 11.7. The van der Waals surface area contributed by atoms with Gasteiger partial charge in [0.15, 0.2) is 5.11 Å². The Bertz CT molecular complexity index is 1240. The van der Waals surface area contributed by atoms with Crippen molar-refractivity contribution in [2.75, 3.05) is 15.9 Å². The van der Waals surface area contributed by atoms with E-state index in [9.17, 15) is 8.42 Å². The van der Waals surface area contributed by atoms with Crippen molar-refractivity contribution < 1.29 is 8.42 Å². The second-order valence-electron chi connectivity index (χ2n) is 7.83. The molecule has 0 radical (unpaired) electrons. The van der Waals surface area contributed by atoms with Crippen LogP contribution < -0.4 is 14.9 Å². The molecule has 0 aliphatic carbocycles. The Labute approximate surface area is 188 Å². The van der Waals surface area contributed by atoms with Gasteiger partial charge in [0.2, 0.25) is 10.0 Å². The first kappa shape index (κ1) is 21.3. The number of rotatable bonds is 5. The highest BCUT2D eigenvalue weighted by Crippen LogP contribution is 2.42. The maximum atomic E-state index is 11.7. The Morgan fingerprint density at radius 2 is 1.90 bits per heavy atom. The minimum atomic E-state index is -3.36. The lowest BCUT2D eigenvalue weighted by molar-refractivity contribution is 0.539. The first-order chi connectivity index (χ1) is 14.7. The lowest BCUT2D eigenvalue weighted by Gasteiger charge is -2.29. The molecule has 1 saturated heterocycles. The zero-order chi connectivity index (χ0) is 22.3. The summed E-state index contributed by atoms with van der Waals surface area (Å²) < 4.78 is 28.0. The second-order valence-corrected chi connectivity index (χ2v) is 9.96. The molecule has 2 N–H and O–H groups in total. The average molecular weight is 456 g/mol. The molecule has 162 valence electrons. The summed E-state index contributed by atoms with van der Waals surface area (Å²) in [6, 6.07) is 15.4. The van der Waals surface area contributed by atoms with Gasteiger partial charge in [-0.25, -0.2) is 8.42 Å². The van der Waals surface area contributed by atoms with Crippen LogP contribution in [0.1, 0.15) is 34.7 Å². The van der Waals surface area contributed by atoms with Gasteiger partial charge in [-0.05, 0) is 74.1 Å². The molecule has 9 heteroatoms. The Balaban J connectivity index is 1.81. The highest BCUT2D eigenvalue weighted by molar-refractivity contribution is 7.92. The number of aromatic nitrogens is 2. The van der Waals surface area contributed by atoms with E-state index < -0.39 is 10.0 Å². The molecule has 4 rings (SSSR count). The fourth-order valence-corrected chi connectivity index (χ4v) is 4.95. The van der Waals surface area contributed by atoms with Crippen LogP contribution in [0.15, 0.2) is 54.7 Å². The SMILES string of the molecule is Cc1cc(N2C(=S)N[C@H](c3ccccn3)[C@@H]2c2ccc(C)n2C)ccc1NS(C)(=O)=O. The van der Waals surface area contributed by atoms with Crippen LogP contribution in [0.4, 0.5) is 11.4 Å². The summed E-state index contributed by atoms with van der Waals surface area (Å²) in [5.74, 6) is 0. The van der Waals surface area contributed by atoms with Gasteiger partial charge in [-0.1, -0.05) is 6.07 Å². The predicted octanol–water partition coefficient (Wildman–Crippen LogP) is 3.59. The third kappa shape index (κ3) is 4.15. The van der Waals surface area contributed by atoms with Gasteiger partial charge < -0.3 is 14.8 Å². The van der Waals surface area contributed by atoms with E-state index in [2.05, 4.69) is 43.5 Å². The lowest BCUT2D eigenvalue weighted by atomic mass is 10.0. The number of anilines is 2. The van der Waals surface area contributed by atoms with Gasteiger partial charge in [0.1, 0.15) is 6.04 Å². The first-order valence-corrected chi connectivity index (χ1v) is 12.2. The van der Waals surface area contributed by atoms with Crippen molar-refractivity contribution in [1.82, 2.24) is 14.9 Å². The van der Waals surface area contributed by atoms with Crippen LogP contribution in [0.5, 0.6) is 0 Å². The van der Waals surface area contributed by atoms with Gasteiger partial charge >= 0.3 is 0 Å². The Hall–Kier alpha value is -2.91. The molecule has 1 fully saturated rings. The molecule has 1 aromatic carbocycles. The number of hydrogen-bond acceptors (Lipinski definition) is 4. The van der Waals surface area contributed by atoms with Crippen molar-refractivity contribution in [2.45, 2.75) is 25.9 Å². The van der Waals surface area contributed by atoms with Crippen LogP contribution in [0.2, 0.25) is 0 Å². The highest BCUT2D eigenvalue weighted by atomic mass is 32.2. The molecule has 0 amide bonds. The number of pyridine rings is 1. The highest BCUT2D eigenvalue weighted by Gasteiger charge is 2.42. The molecule has 2 atom stereocenters. The Morgan fingerprint density at radius 1 is 1.13 bits per heavy atom. The van der Waals surface area contributed by atoms with Crippen molar-refractivity contribution in [2.24, 2.45) is 7.05 Å². The van der Waals surface area contributed by atoms with Crippen LogP contribution in [0.25, 0.3) is 0 Å². The molecule has 0 bridgehead atoms. The van der Waals surface area contributed by atoms with E-state index in [1.807, 2.05) is 44.3 Å². The van der Waals surface area contributed by atoms with Crippen LogP contribution in [0, 0.1) is 13.8 Å². The summed E-state index contributed by atoms with van der Waals surface area (Å²) in [5.41, 5.74) is 5.42.